The first-order valence-electron chi connectivity index (χ1n) is 6.60. The first-order chi connectivity index (χ1) is 11.0. The molecule has 116 valence electrons. The third-order valence-corrected chi connectivity index (χ3v) is 4.86. The van der Waals surface area contributed by atoms with Gasteiger partial charge in [0.2, 0.25) is 0 Å². The molecule has 1 aromatic carbocycles. The van der Waals surface area contributed by atoms with E-state index in [-0.39, 0.29) is 11.6 Å². The summed E-state index contributed by atoms with van der Waals surface area (Å²) in [5.41, 5.74) is 2.14. The van der Waals surface area contributed by atoms with Crippen molar-refractivity contribution >= 4 is 39.4 Å². The first kappa shape index (κ1) is 15.3. The van der Waals surface area contributed by atoms with Gasteiger partial charge in [-0.05, 0) is 18.6 Å². The van der Waals surface area contributed by atoms with Gasteiger partial charge in [0, 0.05) is 17.0 Å². The van der Waals surface area contributed by atoms with Crippen molar-refractivity contribution in [3.05, 3.63) is 62.3 Å². The molecular formula is C15H11N3O3S2. The number of carbonyl (C=O) groups excluding carboxylic acids is 1. The Hall–Kier alpha value is -2.58. The van der Waals surface area contributed by atoms with Crippen molar-refractivity contribution in [2.45, 2.75) is 6.92 Å². The molecule has 6 nitrogen and oxygen atoms in total. The molecule has 0 unspecified atom stereocenters. The van der Waals surface area contributed by atoms with Crippen LogP contribution in [0.15, 0.2) is 41.1 Å². The van der Waals surface area contributed by atoms with Gasteiger partial charge in [-0.2, -0.15) is 0 Å². The summed E-state index contributed by atoms with van der Waals surface area (Å²) >= 11 is 2.54. The van der Waals surface area contributed by atoms with Crippen LogP contribution in [0.2, 0.25) is 0 Å². The van der Waals surface area contributed by atoms with Gasteiger partial charge in [-0.15, -0.1) is 22.7 Å². The number of benzene rings is 1. The molecule has 1 amide bonds. The lowest BCUT2D eigenvalue weighted by molar-refractivity contribution is -0.384. The van der Waals surface area contributed by atoms with Crippen LogP contribution in [-0.2, 0) is 0 Å². The SMILES string of the molecule is Cc1ccccc1C(=O)Nc1nc(-c2cc([N+](=O)[O-])cs2)cs1. The standard InChI is InChI=1S/C15H11N3O3S2/c1-9-4-2-3-5-11(9)14(19)17-15-16-12(8-23-15)13-6-10(7-22-13)18(20)21/h2-8H,1H3,(H,16,17,19). The molecule has 1 N–H and O–H groups in total. The zero-order valence-corrected chi connectivity index (χ0v) is 13.6. The Morgan fingerprint density at radius 2 is 2.04 bits per heavy atom. The van der Waals surface area contributed by atoms with Gasteiger partial charge in [0.05, 0.1) is 20.9 Å². The Morgan fingerprint density at radius 1 is 1.26 bits per heavy atom. The zero-order chi connectivity index (χ0) is 16.4. The van der Waals surface area contributed by atoms with Crippen molar-refractivity contribution in [1.29, 1.82) is 0 Å². The van der Waals surface area contributed by atoms with Gasteiger partial charge in [0.25, 0.3) is 11.6 Å². The number of nitro groups is 1. The Labute approximate surface area is 139 Å². The predicted molar refractivity (Wildman–Crippen MR) is 91.2 cm³/mol. The van der Waals surface area contributed by atoms with Crippen LogP contribution in [0, 0.1) is 17.0 Å². The molecule has 3 aromatic rings. The molecule has 3 rings (SSSR count). The molecule has 0 spiro atoms. The number of anilines is 1. The highest BCUT2D eigenvalue weighted by Crippen LogP contribution is 2.33. The fourth-order valence-corrected chi connectivity index (χ4v) is 3.59. The molecule has 0 radical (unpaired) electrons. The van der Waals surface area contributed by atoms with Gasteiger partial charge in [-0.1, -0.05) is 18.2 Å². The van der Waals surface area contributed by atoms with Crippen LogP contribution in [-0.4, -0.2) is 15.8 Å². The largest absolute Gasteiger partial charge is 0.298 e. The quantitative estimate of drug-likeness (QED) is 0.563. The second kappa shape index (κ2) is 6.27. The topological polar surface area (TPSA) is 85.1 Å². The van der Waals surface area contributed by atoms with Crippen LogP contribution in [0.3, 0.4) is 0 Å². The lowest BCUT2D eigenvalue weighted by Crippen LogP contribution is -2.12. The van der Waals surface area contributed by atoms with Crippen LogP contribution in [0.1, 0.15) is 15.9 Å². The van der Waals surface area contributed by atoms with Gasteiger partial charge in [0.15, 0.2) is 5.13 Å². The van der Waals surface area contributed by atoms with Crippen LogP contribution in [0.4, 0.5) is 10.8 Å². The Morgan fingerprint density at radius 3 is 2.74 bits per heavy atom. The fourth-order valence-electron chi connectivity index (χ4n) is 1.99. The average molecular weight is 345 g/mol. The number of thiazole rings is 1. The summed E-state index contributed by atoms with van der Waals surface area (Å²) < 4.78 is 0. The third kappa shape index (κ3) is 3.27. The van der Waals surface area contributed by atoms with E-state index in [2.05, 4.69) is 10.3 Å². The molecule has 0 atom stereocenters. The monoisotopic (exact) mass is 345 g/mol. The molecule has 0 aliphatic heterocycles. The van der Waals surface area contributed by atoms with E-state index >= 15 is 0 Å². The summed E-state index contributed by atoms with van der Waals surface area (Å²) in [6.45, 7) is 1.87. The number of carbonyl (C=O) groups is 1. The Balaban J connectivity index is 1.78. The first-order valence-corrected chi connectivity index (χ1v) is 8.36. The van der Waals surface area contributed by atoms with E-state index in [0.29, 0.717) is 21.3 Å². The molecule has 0 aliphatic rings. The van der Waals surface area contributed by atoms with E-state index in [1.165, 1.54) is 34.1 Å². The predicted octanol–water partition coefficient (Wildman–Crippen LogP) is 4.34. The lowest BCUT2D eigenvalue weighted by Gasteiger charge is -2.04. The molecule has 0 saturated carbocycles. The normalized spacial score (nSPS) is 10.5. The number of hydrogen-bond donors (Lipinski definition) is 1. The van der Waals surface area contributed by atoms with Crippen molar-refractivity contribution in [2.24, 2.45) is 0 Å². The van der Waals surface area contributed by atoms with Gasteiger partial charge in [0.1, 0.15) is 0 Å². The summed E-state index contributed by atoms with van der Waals surface area (Å²) in [6.07, 6.45) is 0. The van der Waals surface area contributed by atoms with Crippen molar-refractivity contribution in [3.8, 4) is 10.6 Å². The number of rotatable bonds is 4. The van der Waals surface area contributed by atoms with Crippen molar-refractivity contribution < 1.29 is 9.72 Å². The van der Waals surface area contributed by atoms with E-state index in [0.717, 1.165) is 5.56 Å². The van der Waals surface area contributed by atoms with E-state index in [1.807, 2.05) is 19.1 Å². The maximum absolute atomic E-state index is 12.2. The molecule has 0 saturated heterocycles. The molecule has 0 bridgehead atoms. The number of nitrogens with zero attached hydrogens (tertiary/aromatic N) is 2. The number of hydrogen-bond acceptors (Lipinski definition) is 6. The summed E-state index contributed by atoms with van der Waals surface area (Å²) in [5, 5.41) is 17.2. The minimum absolute atomic E-state index is 0.0449. The molecule has 2 heterocycles. The van der Waals surface area contributed by atoms with E-state index in [4.69, 9.17) is 0 Å². The van der Waals surface area contributed by atoms with Crippen LogP contribution in [0.5, 0.6) is 0 Å². The van der Waals surface area contributed by atoms with Crippen LogP contribution >= 0.6 is 22.7 Å². The Bertz CT molecular complexity index is 885. The smallest absolute Gasteiger partial charge is 0.280 e. The number of thiophene rings is 1. The number of aryl methyl sites for hydroxylation is 1. The average Bonchev–Trinajstić information content (AvgIpc) is 3.16. The summed E-state index contributed by atoms with van der Waals surface area (Å²) in [5.74, 6) is -0.221. The summed E-state index contributed by atoms with van der Waals surface area (Å²) in [6, 6.07) is 8.78. The molecule has 2 aromatic heterocycles. The summed E-state index contributed by atoms with van der Waals surface area (Å²) in [7, 11) is 0. The highest BCUT2D eigenvalue weighted by Gasteiger charge is 2.15. The fraction of sp³-hybridized carbons (Fsp3) is 0.0667. The van der Waals surface area contributed by atoms with Gasteiger partial charge < -0.3 is 0 Å². The highest BCUT2D eigenvalue weighted by molar-refractivity contribution is 7.16. The zero-order valence-electron chi connectivity index (χ0n) is 12.0. The maximum atomic E-state index is 12.2. The van der Waals surface area contributed by atoms with Crippen LogP contribution < -0.4 is 5.32 Å². The van der Waals surface area contributed by atoms with Gasteiger partial charge >= 0.3 is 0 Å². The second-order valence-corrected chi connectivity index (χ2v) is 6.50. The molecule has 23 heavy (non-hydrogen) atoms. The molecule has 0 fully saturated rings. The van der Waals surface area contributed by atoms with Crippen LogP contribution in [0.25, 0.3) is 10.6 Å². The number of amides is 1. The van der Waals surface area contributed by atoms with Gasteiger partial charge in [-0.25, -0.2) is 4.98 Å². The lowest BCUT2D eigenvalue weighted by atomic mass is 10.1. The molecular weight excluding hydrogens is 334 g/mol. The van der Waals surface area contributed by atoms with E-state index in [1.54, 1.807) is 17.5 Å². The maximum Gasteiger partial charge on any atom is 0.280 e. The van der Waals surface area contributed by atoms with E-state index < -0.39 is 4.92 Å². The number of aromatic nitrogens is 1. The minimum atomic E-state index is -0.437. The van der Waals surface area contributed by atoms with Gasteiger partial charge in [-0.3, -0.25) is 20.2 Å². The van der Waals surface area contributed by atoms with Crippen molar-refractivity contribution in [1.82, 2.24) is 4.98 Å². The Kier molecular flexibility index (Phi) is 4.18. The minimum Gasteiger partial charge on any atom is -0.298 e. The second-order valence-electron chi connectivity index (χ2n) is 4.73. The van der Waals surface area contributed by atoms with Crippen molar-refractivity contribution in [3.63, 3.8) is 0 Å². The summed E-state index contributed by atoms with van der Waals surface area (Å²) in [4.78, 5) is 27.5. The van der Waals surface area contributed by atoms with E-state index in [9.17, 15) is 14.9 Å². The number of nitrogens with one attached hydrogen (secondary N) is 1. The highest BCUT2D eigenvalue weighted by atomic mass is 32.1. The third-order valence-electron chi connectivity index (χ3n) is 3.16. The van der Waals surface area contributed by atoms with Crippen molar-refractivity contribution in [2.75, 3.05) is 5.32 Å². The molecule has 0 aliphatic carbocycles. The molecule has 8 heteroatoms.